The van der Waals surface area contributed by atoms with Gasteiger partial charge < -0.3 is 10.1 Å². The van der Waals surface area contributed by atoms with Crippen molar-refractivity contribution in [1.29, 1.82) is 0 Å². The van der Waals surface area contributed by atoms with E-state index in [1.54, 1.807) is 0 Å². The molecule has 4 atom stereocenters. The van der Waals surface area contributed by atoms with Gasteiger partial charge in [0.15, 0.2) is 0 Å². The van der Waals surface area contributed by atoms with Crippen molar-refractivity contribution < 1.29 is 9.53 Å². The second-order valence-electron chi connectivity index (χ2n) is 8.13. The number of ether oxygens (including phenoxy) is 1. The van der Waals surface area contributed by atoms with Crippen molar-refractivity contribution in [1.82, 2.24) is 10.2 Å². The zero-order valence-corrected chi connectivity index (χ0v) is 15.9. The molecule has 24 heavy (non-hydrogen) atoms. The standard InChI is InChI=1S/C20H32N2O2/c1-14-15(2)18(21-19(23)24-20(4,5)6)13-22(16(14)3)12-17-10-8-7-9-11-17/h7-11,14-16,18H,12-13H2,1-6H3,(H,21,23)/t14-,15-,16-,18+/m0/s1. The Hall–Kier alpha value is -1.55. The topological polar surface area (TPSA) is 41.6 Å². The fourth-order valence-electron chi connectivity index (χ4n) is 3.39. The number of amides is 1. The molecule has 1 aromatic carbocycles. The lowest BCUT2D eigenvalue weighted by Gasteiger charge is -2.46. The minimum atomic E-state index is -0.468. The molecule has 0 aromatic heterocycles. The van der Waals surface area contributed by atoms with Gasteiger partial charge in [0.2, 0.25) is 0 Å². The second kappa shape index (κ2) is 7.56. The van der Waals surface area contributed by atoms with Crippen molar-refractivity contribution in [3.63, 3.8) is 0 Å². The highest BCUT2D eigenvalue weighted by molar-refractivity contribution is 5.68. The maximum absolute atomic E-state index is 12.2. The first-order chi connectivity index (χ1) is 11.2. The average Bonchev–Trinajstić information content (AvgIpc) is 2.49. The summed E-state index contributed by atoms with van der Waals surface area (Å²) < 4.78 is 5.44. The molecular formula is C20H32N2O2. The van der Waals surface area contributed by atoms with Gasteiger partial charge in [0, 0.05) is 25.2 Å². The van der Waals surface area contributed by atoms with Crippen LogP contribution in [0.15, 0.2) is 30.3 Å². The van der Waals surface area contributed by atoms with Gasteiger partial charge in [-0.05, 0) is 45.1 Å². The van der Waals surface area contributed by atoms with E-state index in [4.69, 9.17) is 4.74 Å². The lowest BCUT2D eigenvalue weighted by Crippen LogP contribution is -2.58. The fourth-order valence-corrected chi connectivity index (χ4v) is 3.39. The van der Waals surface area contributed by atoms with E-state index >= 15 is 0 Å². The van der Waals surface area contributed by atoms with Gasteiger partial charge in [0.05, 0.1) is 0 Å². The summed E-state index contributed by atoms with van der Waals surface area (Å²) >= 11 is 0. The van der Waals surface area contributed by atoms with Gasteiger partial charge in [-0.15, -0.1) is 0 Å². The van der Waals surface area contributed by atoms with Crippen molar-refractivity contribution >= 4 is 6.09 Å². The van der Waals surface area contributed by atoms with Gasteiger partial charge in [-0.25, -0.2) is 4.79 Å². The van der Waals surface area contributed by atoms with E-state index in [2.05, 4.69) is 55.3 Å². The van der Waals surface area contributed by atoms with Crippen molar-refractivity contribution in [3.8, 4) is 0 Å². The first kappa shape index (κ1) is 18.8. The van der Waals surface area contributed by atoms with E-state index in [1.165, 1.54) is 5.56 Å². The Balaban J connectivity index is 2.04. The monoisotopic (exact) mass is 332 g/mol. The van der Waals surface area contributed by atoms with Crippen molar-refractivity contribution in [2.24, 2.45) is 11.8 Å². The van der Waals surface area contributed by atoms with Crippen molar-refractivity contribution in [3.05, 3.63) is 35.9 Å². The van der Waals surface area contributed by atoms with Crippen molar-refractivity contribution in [2.75, 3.05) is 6.54 Å². The van der Waals surface area contributed by atoms with Gasteiger partial charge in [0.1, 0.15) is 5.60 Å². The lowest BCUT2D eigenvalue weighted by molar-refractivity contribution is 0.0207. The van der Waals surface area contributed by atoms with E-state index in [1.807, 2.05) is 26.8 Å². The number of hydrogen-bond acceptors (Lipinski definition) is 3. The number of carbonyl (C=O) groups is 1. The molecule has 0 bridgehead atoms. The van der Waals surface area contributed by atoms with E-state index in [0.29, 0.717) is 17.9 Å². The Kier molecular flexibility index (Phi) is 5.92. The van der Waals surface area contributed by atoms with Crippen LogP contribution in [0.5, 0.6) is 0 Å². The third kappa shape index (κ3) is 4.97. The van der Waals surface area contributed by atoms with Crippen LogP contribution < -0.4 is 5.32 Å². The SMILES string of the molecule is C[C@H]1[C@H](C)[C@H](C)N(Cc2ccccc2)C[C@H]1NC(=O)OC(C)(C)C. The zero-order valence-electron chi connectivity index (χ0n) is 15.9. The number of alkyl carbamates (subject to hydrolysis) is 1. The molecule has 1 aliphatic heterocycles. The molecule has 1 aliphatic rings. The molecule has 1 fully saturated rings. The smallest absolute Gasteiger partial charge is 0.407 e. The quantitative estimate of drug-likeness (QED) is 0.907. The van der Waals surface area contributed by atoms with Crippen LogP contribution in [0.2, 0.25) is 0 Å². The third-order valence-corrected chi connectivity index (χ3v) is 5.16. The van der Waals surface area contributed by atoms with Gasteiger partial charge in [-0.2, -0.15) is 0 Å². The summed E-state index contributed by atoms with van der Waals surface area (Å²) in [7, 11) is 0. The molecule has 0 radical (unpaired) electrons. The molecule has 4 nitrogen and oxygen atoms in total. The molecule has 1 heterocycles. The average molecular weight is 332 g/mol. The van der Waals surface area contributed by atoms with Crippen LogP contribution in [0.25, 0.3) is 0 Å². The van der Waals surface area contributed by atoms with Crippen molar-refractivity contribution in [2.45, 2.75) is 65.8 Å². The Bertz CT molecular complexity index is 538. The summed E-state index contributed by atoms with van der Waals surface area (Å²) in [5, 5.41) is 3.09. The first-order valence-electron chi connectivity index (χ1n) is 8.95. The Morgan fingerprint density at radius 2 is 1.79 bits per heavy atom. The molecule has 0 saturated carbocycles. The highest BCUT2D eigenvalue weighted by Crippen LogP contribution is 2.30. The Labute approximate surface area is 146 Å². The van der Waals surface area contributed by atoms with Crippen LogP contribution in [0.3, 0.4) is 0 Å². The number of hydrogen-bond donors (Lipinski definition) is 1. The zero-order chi connectivity index (χ0) is 17.9. The summed E-state index contributed by atoms with van der Waals surface area (Å²) in [5.74, 6) is 0.918. The summed E-state index contributed by atoms with van der Waals surface area (Å²) in [4.78, 5) is 14.6. The number of rotatable bonds is 3. The van der Waals surface area contributed by atoms with Crippen LogP contribution in [0.4, 0.5) is 4.79 Å². The molecule has 1 N–H and O–H groups in total. The van der Waals surface area contributed by atoms with E-state index in [9.17, 15) is 4.79 Å². The van der Waals surface area contributed by atoms with Crippen LogP contribution >= 0.6 is 0 Å². The van der Waals surface area contributed by atoms with Crippen LogP contribution in [-0.4, -0.2) is 35.2 Å². The molecule has 1 aromatic rings. The number of likely N-dealkylation sites (tertiary alicyclic amines) is 1. The van der Waals surface area contributed by atoms with Gasteiger partial charge in [-0.1, -0.05) is 44.2 Å². The number of carbonyl (C=O) groups excluding carboxylic acids is 1. The summed E-state index contributed by atoms with van der Waals surface area (Å²) in [5.41, 5.74) is 0.840. The molecule has 134 valence electrons. The summed E-state index contributed by atoms with van der Waals surface area (Å²) in [6.07, 6.45) is -0.319. The number of benzene rings is 1. The normalized spacial score (nSPS) is 28.4. The van der Waals surface area contributed by atoms with Crippen LogP contribution in [0, 0.1) is 11.8 Å². The predicted octanol–water partition coefficient (Wildman–Crippen LogP) is 4.06. The maximum atomic E-state index is 12.2. The summed E-state index contributed by atoms with van der Waals surface area (Å²) in [6.45, 7) is 14.2. The molecule has 0 spiro atoms. The minimum absolute atomic E-state index is 0.106. The first-order valence-corrected chi connectivity index (χ1v) is 8.95. The number of nitrogens with one attached hydrogen (secondary N) is 1. The third-order valence-electron chi connectivity index (χ3n) is 5.16. The van der Waals surface area contributed by atoms with E-state index in [-0.39, 0.29) is 12.1 Å². The maximum Gasteiger partial charge on any atom is 0.407 e. The Morgan fingerprint density at radius 1 is 1.17 bits per heavy atom. The predicted molar refractivity (Wildman–Crippen MR) is 97.8 cm³/mol. The fraction of sp³-hybridized carbons (Fsp3) is 0.650. The Morgan fingerprint density at radius 3 is 2.38 bits per heavy atom. The molecule has 0 aliphatic carbocycles. The molecular weight excluding hydrogens is 300 g/mol. The summed E-state index contributed by atoms with van der Waals surface area (Å²) in [6, 6.07) is 11.1. The van der Waals surface area contributed by atoms with Gasteiger partial charge in [-0.3, -0.25) is 4.90 Å². The molecule has 1 amide bonds. The highest BCUT2D eigenvalue weighted by Gasteiger charge is 2.37. The second-order valence-corrected chi connectivity index (χ2v) is 8.13. The van der Waals surface area contributed by atoms with Crippen LogP contribution in [-0.2, 0) is 11.3 Å². The van der Waals surface area contributed by atoms with Crippen LogP contribution in [0.1, 0.15) is 47.1 Å². The van der Waals surface area contributed by atoms with E-state index in [0.717, 1.165) is 13.1 Å². The minimum Gasteiger partial charge on any atom is -0.444 e. The number of nitrogens with zero attached hydrogens (tertiary/aromatic N) is 1. The molecule has 1 saturated heterocycles. The molecule has 4 heteroatoms. The largest absolute Gasteiger partial charge is 0.444 e. The lowest BCUT2D eigenvalue weighted by atomic mass is 9.79. The molecule has 0 unspecified atom stereocenters. The van der Waals surface area contributed by atoms with E-state index < -0.39 is 5.60 Å². The van der Waals surface area contributed by atoms with Gasteiger partial charge in [0.25, 0.3) is 0 Å². The highest BCUT2D eigenvalue weighted by atomic mass is 16.6. The van der Waals surface area contributed by atoms with Gasteiger partial charge >= 0.3 is 6.09 Å². The molecule has 2 rings (SSSR count). The number of piperidine rings is 1.